The molecule has 0 spiro atoms. The summed E-state index contributed by atoms with van der Waals surface area (Å²) in [4.78, 5) is 21.6. The van der Waals surface area contributed by atoms with Crippen LogP contribution in [0.5, 0.6) is 0 Å². The van der Waals surface area contributed by atoms with E-state index in [0.29, 0.717) is 16.8 Å². The standard InChI is InChI=1S/C13H15ClN6O/c1-9(21)17-12-3-5-20(18-12)11-2-4-19(8-11)13-15-6-10(14)7-16-13/h3,5-7,11H,2,4,8H2,1H3,(H,17,18,21)/t11-/m1/s1. The Morgan fingerprint density at radius 2 is 2.19 bits per heavy atom. The number of halogens is 1. The van der Waals surface area contributed by atoms with E-state index in [1.54, 1.807) is 18.5 Å². The van der Waals surface area contributed by atoms with Crippen molar-refractivity contribution in [2.45, 2.75) is 19.4 Å². The van der Waals surface area contributed by atoms with Crippen LogP contribution in [-0.2, 0) is 4.79 Å². The predicted octanol–water partition coefficient (Wildman–Crippen LogP) is 1.74. The largest absolute Gasteiger partial charge is 0.339 e. The van der Waals surface area contributed by atoms with Crippen molar-refractivity contribution in [3.8, 4) is 0 Å². The van der Waals surface area contributed by atoms with Gasteiger partial charge in [-0.15, -0.1) is 0 Å². The summed E-state index contributed by atoms with van der Waals surface area (Å²) in [5.74, 6) is 1.13. The van der Waals surface area contributed by atoms with Gasteiger partial charge in [0.1, 0.15) is 0 Å². The highest BCUT2D eigenvalue weighted by atomic mass is 35.5. The van der Waals surface area contributed by atoms with E-state index in [9.17, 15) is 4.79 Å². The minimum absolute atomic E-state index is 0.122. The molecule has 2 aromatic rings. The summed E-state index contributed by atoms with van der Waals surface area (Å²) in [7, 11) is 0. The lowest BCUT2D eigenvalue weighted by molar-refractivity contribution is -0.114. The first kappa shape index (κ1) is 13.8. The zero-order chi connectivity index (χ0) is 14.8. The lowest BCUT2D eigenvalue weighted by Gasteiger charge is -2.16. The molecule has 7 nitrogen and oxygen atoms in total. The fraction of sp³-hybridized carbons (Fsp3) is 0.385. The molecule has 0 aliphatic carbocycles. The van der Waals surface area contributed by atoms with E-state index in [0.717, 1.165) is 19.5 Å². The summed E-state index contributed by atoms with van der Waals surface area (Å²) >= 11 is 5.80. The molecular weight excluding hydrogens is 292 g/mol. The quantitative estimate of drug-likeness (QED) is 0.934. The molecule has 1 atom stereocenters. The predicted molar refractivity (Wildman–Crippen MR) is 79.4 cm³/mol. The van der Waals surface area contributed by atoms with Gasteiger partial charge in [0.2, 0.25) is 11.9 Å². The van der Waals surface area contributed by atoms with Gasteiger partial charge in [0.25, 0.3) is 0 Å². The van der Waals surface area contributed by atoms with Crippen LogP contribution in [0.1, 0.15) is 19.4 Å². The third-order valence-electron chi connectivity index (χ3n) is 3.34. The molecule has 1 N–H and O–H groups in total. The molecule has 0 bridgehead atoms. The Balaban J connectivity index is 1.67. The lowest BCUT2D eigenvalue weighted by Crippen LogP contribution is -2.23. The maximum atomic E-state index is 11.0. The van der Waals surface area contributed by atoms with Crippen LogP contribution in [0, 0.1) is 0 Å². The molecule has 8 heteroatoms. The Hall–Kier alpha value is -2.15. The van der Waals surface area contributed by atoms with Crippen LogP contribution in [0.25, 0.3) is 0 Å². The topological polar surface area (TPSA) is 75.9 Å². The minimum atomic E-state index is -0.122. The summed E-state index contributed by atoms with van der Waals surface area (Å²) < 4.78 is 1.88. The molecule has 2 aromatic heterocycles. The first-order valence-corrected chi connectivity index (χ1v) is 7.05. The second-order valence-electron chi connectivity index (χ2n) is 4.95. The number of hydrogen-bond acceptors (Lipinski definition) is 5. The van der Waals surface area contributed by atoms with Crippen LogP contribution in [0.3, 0.4) is 0 Å². The molecule has 1 amide bonds. The summed E-state index contributed by atoms with van der Waals surface area (Å²) in [5, 5.41) is 7.57. The Kier molecular flexibility index (Phi) is 3.74. The van der Waals surface area contributed by atoms with Gasteiger partial charge < -0.3 is 10.2 Å². The lowest BCUT2D eigenvalue weighted by atomic mass is 10.3. The average Bonchev–Trinajstić information content (AvgIpc) is 3.07. The van der Waals surface area contributed by atoms with Gasteiger partial charge in [-0.2, -0.15) is 5.10 Å². The third-order valence-corrected chi connectivity index (χ3v) is 3.53. The summed E-state index contributed by atoms with van der Waals surface area (Å²) in [6.45, 7) is 3.11. The van der Waals surface area contributed by atoms with Crippen molar-refractivity contribution in [3.63, 3.8) is 0 Å². The van der Waals surface area contributed by atoms with Crippen LogP contribution in [-0.4, -0.2) is 38.7 Å². The number of nitrogens with one attached hydrogen (secondary N) is 1. The van der Waals surface area contributed by atoms with E-state index >= 15 is 0 Å². The monoisotopic (exact) mass is 306 g/mol. The molecular formula is C13H15ClN6O. The van der Waals surface area contributed by atoms with E-state index in [2.05, 4.69) is 25.3 Å². The Morgan fingerprint density at radius 1 is 1.43 bits per heavy atom. The highest BCUT2D eigenvalue weighted by Crippen LogP contribution is 2.25. The highest BCUT2D eigenvalue weighted by Gasteiger charge is 2.26. The van der Waals surface area contributed by atoms with E-state index < -0.39 is 0 Å². The molecule has 0 unspecified atom stereocenters. The molecule has 0 radical (unpaired) electrons. The van der Waals surface area contributed by atoms with Crippen molar-refractivity contribution in [2.24, 2.45) is 0 Å². The zero-order valence-corrected chi connectivity index (χ0v) is 12.3. The zero-order valence-electron chi connectivity index (χ0n) is 11.5. The van der Waals surface area contributed by atoms with Gasteiger partial charge in [-0.05, 0) is 6.42 Å². The summed E-state index contributed by atoms with van der Waals surface area (Å²) in [6.07, 6.45) is 6.02. The molecule has 0 saturated carbocycles. The number of aromatic nitrogens is 4. The summed E-state index contributed by atoms with van der Waals surface area (Å²) in [6, 6.07) is 2.04. The van der Waals surface area contributed by atoms with Crippen molar-refractivity contribution >= 4 is 29.3 Å². The van der Waals surface area contributed by atoms with Gasteiger partial charge in [0.15, 0.2) is 5.82 Å². The second kappa shape index (κ2) is 5.69. The molecule has 1 saturated heterocycles. The van der Waals surface area contributed by atoms with E-state index in [4.69, 9.17) is 11.6 Å². The SMILES string of the molecule is CC(=O)Nc1ccn([C@@H]2CCN(c3ncc(Cl)cn3)C2)n1. The van der Waals surface area contributed by atoms with Crippen LogP contribution in [0.15, 0.2) is 24.7 Å². The van der Waals surface area contributed by atoms with Crippen molar-refractivity contribution in [1.82, 2.24) is 19.7 Å². The second-order valence-corrected chi connectivity index (χ2v) is 5.39. The molecule has 0 aromatic carbocycles. The number of amides is 1. The Morgan fingerprint density at radius 3 is 2.90 bits per heavy atom. The first-order chi connectivity index (χ1) is 10.1. The molecule has 3 rings (SSSR count). The van der Waals surface area contributed by atoms with Crippen molar-refractivity contribution in [1.29, 1.82) is 0 Å². The maximum absolute atomic E-state index is 11.0. The third kappa shape index (κ3) is 3.13. The first-order valence-electron chi connectivity index (χ1n) is 6.67. The number of carbonyl (C=O) groups is 1. The van der Waals surface area contributed by atoms with Gasteiger partial charge in [-0.1, -0.05) is 11.6 Å². The summed E-state index contributed by atoms with van der Waals surface area (Å²) in [5.41, 5.74) is 0. The minimum Gasteiger partial charge on any atom is -0.339 e. The molecule has 1 fully saturated rings. The van der Waals surface area contributed by atoms with E-state index in [1.807, 2.05) is 10.9 Å². The van der Waals surface area contributed by atoms with Crippen molar-refractivity contribution in [3.05, 3.63) is 29.7 Å². The fourth-order valence-corrected chi connectivity index (χ4v) is 2.49. The normalized spacial score (nSPS) is 18.0. The number of nitrogens with zero attached hydrogens (tertiary/aromatic N) is 5. The van der Waals surface area contributed by atoms with E-state index in [-0.39, 0.29) is 11.9 Å². The Bertz CT molecular complexity index is 640. The van der Waals surface area contributed by atoms with Gasteiger partial charge in [-0.25, -0.2) is 9.97 Å². The fourth-order valence-electron chi connectivity index (χ4n) is 2.40. The molecule has 1 aliphatic heterocycles. The van der Waals surface area contributed by atoms with Crippen LogP contribution in [0.2, 0.25) is 5.02 Å². The Labute approximate surface area is 126 Å². The number of rotatable bonds is 3. The van der Waals surface area contributed by atoms with Gasteiger partial charge in [0, 0.05) is 32.3 Å². The molecule has 1 aliphatic rings. The van der Waals surface area contributed by atoms with Gasteiger partial charge in [0.05, 0.1) is 23.5 Å². The van der Waals surface area contributed by atoms with Crippen molar-refractivity contribution in [2.75, 3.05) is 23.3 Å². The number of carbonyl (C=O) groups excluding carboxylic acids is 1. The maximum Gasteiger partial charge on any atom is 0.225 e. The van der Waals surface area contributed by atoms with Crippen LogP contribution >= 0.6 is 11.6 Å². The van der Waals surface area contributed by atoms with Gasteiger partial charge >= 0.3 is 0 Å². The highest BCUT2D eigenvalue weighted by molar-refractivity contribution is 6.30. The smallest absolute Gasteiger partial charge is 0.225 e. The molecule has 3 heterocycles. The number of anilines is 2. The van der Waals surface area contributed by atoms with E-state index in [1.165, 1.54) is 6.92 Å². The number of hydrogen-bond donors (Lipinski definition) is 1. The molecule has 21 heavy (non-hydrogen) atoms. The van der Waals surface area contributed by atoms with Gasteiger partial charge in [-0.3, -0.25) is 9.48 Å². The van der Waals surface area contributed by atoms with Crippen LogP contribution < -0.4 is 10.2 Å². The van der Waals surface area contributed by atoms with Crippen molar-refractivity contribution < 1.29 is 4.79 Å². The van der Waals surface area contributed by atoms with Crippen LogP contribution in [0.4, 0.5) is 11.8 Å². The molecule has 110 valence electrons. The average molecular weight is 307 g/mol.